The lowest BCUT2D eigenvalue weighted by molar-refractivity contribution is -0.131. The number of nitrogens with zero attached hydrogens (tertiary/aromatic N) is 2. The summed E-state index contributed by atoms with van der Waals surface area (Å²) in [4.78, 5) is 24.6. The number of hydrogen-bond acceptors (Lipinski definition) is 4. The molecular weight excluding hydrogens is 234 g/mol. The van der Waals surface area contributed by atoms with Crippen molar-refractivity contribution in [2.75, 3.05) is 26.8 Å². The summed E-state index contributed by atoms with van der Waals surface area (Å²) in [6, 6.07) is 1.98. The molecule has 1 fully saturated rings. The highest BCUT2D eigenvalue weighted by molar-refractivity contribution is 5.78. The Kier molecular flexibility index (Phi) is 6.15. The van der Waals surface area contributed by atoms with Crippen molar-refractivity contribution in [1.29, 1.82) is 5.26 Å². The third-order valence-electron chi connectivity index (χ3n) is 2.98. The van der Waals surface area contributed by atoms with Gasteiger partial charge in [-0.2, -0.15) is 5.26 Å². The van der Waals surface area contributed by atoms with Crippen LogP contribution in [0.3, 0.4) is 0 Å². The van der Waals surface area contributed by atoms with E-state index < -0.39 is 0 Å². The van der Waals surface area contributed by atoms with Crippen LogP contribution in [-0.2, 0) is 14.3 Å². The van der Waals surface area contributed by atoms with E-state index in [-0.39, 0.29) is 24.3 Å². The van der Waals surface area contributed by atoms with Crippen LogP contribution >= 0.6 is 0 Å². The molecule has 0 saturated carbocycles. The van der Waals surface area contributed by atoms with E-state index >= 15 is 0 Å². The average Bonchev–Trinajstić information content (AvgIpc) is 2.37. The van der Waals surface area contributed by atoms with Gasteiger partial charge in [0, 0.05) is 32.7 Å². The predicted molar refractivity (Wildman–Crippen MR) is 64.5 cm³/mol. The first-order valence-corrected chi connectivity index (χ1v) is 6.10. The molecule has 0 atom stereocenters. The van der Waals surface area contributed by atoms with Crippen molar-refractivity contribution in [3.63, 3.8) is 0 Å². The van der Waals surface area contributed by atoms with Gasteiger partial charge in [0.1, 0.15) is 6.42 Å². The summed E-state index contributed by atoms with van der Waals surface area (Å²) in [5.41, 5.74) is 0. The maximum absolute atomic E-state index is 11.5. The Morgan fingerprint density at radius 3 is 2.67 bits per heavy atom. The Hall–Kier alpha value is -1.61. The predicted octanol–water partition coefficient (Wildman–Crippen LogP) is 0.0438. The number of rotatable bonds is 5. The van der Waals surface area contributed by atoms with Crippen LogP contribution in [0.1, 0.15) is 25.7 Å². The molecule has 0 unspecified atom stereocenters. The van der Waals surface area contributed by atoms with Crippen molar-refractivity contribution in [3.05, 3.63) is 0 Å². The number of nitrogens with one attached hydrogen (secondary N) is 1. The Morgan fingerprint density at radius 2 is 2.11 bits per heavy atom. The minimum absolute atomic E-state index is 0.0151. The number of amides is 2. The van der Waals surface area contributed by atoms with Crippen LogP contribution in [-0.4, -0.2) is 49.6 Å². The summed E-state index contributed by atoms with van der Waals surface area (Å²) >= 11 is 0. The van der Waals surface area contributed by atoms with Gasteiger partial charge in [-0.3, -0.25) is 9.59 Å². The lowest BCUT2D eigenvalue weighted by Crippen LogP contribution is -2.46. The molecule has 0 aromatic heterocycles. The summed E-state index contributed by atoms with van der Waals surface area (Å²) in [5, 5.41) is 11.4. The molecule has 1 N–H and O–H groups in total. The second-order valence-corrected chi connectivity index (χ2v) is 4.30. The number of methoxy groups -OCH3 is 1. The number of hydrogen-bond donors (Lipinski definition) is 1. The fourth-order valence-corrected chi connectivity index (χ4v) is 1.95. The maximum atomic E-state index is 11.5. The van der Waals surface area contributed by atoms with Crippen LogP contribution in [0.2, 0.25) is 0 Å². The molecule has 0 aromatic rings. The van der Waals surface area contributed by atoms with E-state index in [0.29, 0.717) is 26.1 Å². The SMILES string of the molecule is COCCC(=O)NC1CCN(C(=O)CC#N)CC1. The smallest absolute Gasteiger partial charge is 0.236 e. The number of likely N-dealkylation sites (tertiary alicyclic amines) is 1. The van der Waals surface area contributed by atoms with Crippen LogP contribution in [0.5, 0.6) is 0 Å². The third-order valence-corrected chi connectivity index (χ3v) is 2.98. The van der Waals surface area contributed by atoms with E-state index in [2.05, 4.69) is 5.32 Å². The largest absolute Gasteiger partial charge is 0.384 e. The maximum Gasteiger partial charge on any atom is 0.236 e. The van der Waals surface area contributed by atoms with Gasteiger partial charge in [0.05, 0.1) is 12.7 Å². The normalized spacial score (nSPS) is 16.1. The Bertz CT molecular complexity index is 330. The van der Waals surface area contributed by atoms with Gasteiger partial charge in [0.2, 0.25) is 11.8 Å². The van der Waals surface area contributed by atoms with Crippen LogP contribution in [0.25, 0.3) is 0 Å². The number of carbonyl (C=O) groups excluding carboxylic acids is 2. The monoisotopic (exact) mass is 253 g/mol. The summed E-state index contributed by atoms with van der Waals surface area (Å²) in [5.74, 6) is -0.139. The molecule has 1 aliphatic rings. The number of carbonyl (C=O) groups is 2. The van der Waals surface area contributed by atoms with Crippen molar-refractivity contribution < 1.29 is 14.3 Å². The third kappa shape index (κ3) is 4.72. The highest BCUT2D eigenvalue weighted by Crippen LogP contribution is 2.11. The molecule has 1 aliphatic heterocycles. The summed E-state index contributed by atoms with van der Waals surface area (Å²) in [7, 11) is 1.56. The summed E-state index contributed by atoms with van der Waals surface area (Å²) in [6.07, 6.45) is 1.79. The fraction of sp³-hybridized carbons (Fsp3) is 0.750. The number of piperidine rings is 1. The van der Waals surface area contributed by atoms with Crippen LogP contribution in [0, 0.1) is 11.3 Å². The first kappa shape index (κ1) is 14.5. The Morgan fingerprint density at radius 1 is 1.44 bits per heavy atom. The molecule has 6 nitrogen and oxygen atoms in total. The Labute approximate surface area is 107 Å². The molecule has 0 bridgehead atoms. The van der Waals surface area contributed by atoms with Gasteiger partial charge in [0.25, 0.3) is 0 Å². The molecule has 6 heteroatoms. The van der Waals surface area contributed by atoms with Gasteiger partial charge in [-0.05, 0) is 12.8 Å². The molecule has 0 spiro atoms. The first-order valence-electron chi connectivity index (χ1n) is 6.10. The molecule has 18 heavy (non-hydrogen) atoms. The molecule has 100 valence electrons. The highest BCUT2D eigenvalue weighted by atomic mass is 16.5. The molecule has 1 saturated heterocycles. The van der Waals surface area contributed by atoms with Gasteiger partial charge in [-0.15, -0.1) is 0 Å². The molecule has 0 radical (unpaired) electrons. The lowest BCUT2D eigenvalue weighted by atomic mass is 10.0. The zero-order valence-electron chi connectivity index (χ0n) is 10.6. The molecule has 0 aromatic carbocycles. The molecular formula is C12H19N3O3. The van der Waals surface area contributed by atoms with Crippen molar-refractivity contribution in [2.45, 2.75) is 31.7 Å². The van der Waals surface area contributed by atoms with Gasteiger partial charge >= 0.3 is 0 Å². The minimum atomic E-state index is -0.123. The summed E-state index contributed by atoms with van der Waals surface area (Å²) < 4.78 is 4.83. The van der Waals surface area contributed by atoms with Crippen molar-refractivity contribution in [3.8, 4) is 6.07 Å². The molecule has 0 aliphatic carbocycles. The second kappa shape index (κ2) is 7.67. The zero-order chi connectivity index (χ0) is 13.4. The van der Waals surface area contributed by atoms with Crippen LogP contribution < -0.4 is 5.32 Å². The lowest BCUT2D eigenvalue weighted by Gasteiger charge is -2.32. The quantitative estimate of drug-likeness (QED) is 0.750. The first-order chi connectivity index (χ1) is 8.67. The number of ether oxygens (including phenoxy) is 1. The standard InChI is InChI=1S/C12H19N3O3/c1-18-9-5-11(16)14-10-3-7-15(8-4-10)12(17)2-6-13/h10H,2-5,7-9H2,1H3,(H,14,16). The Balaban J connectivity index is 2.25. The molecule has 1 rings (SSSR count). The topological polar surface area (TPSA) is 82.4 Å². The highest BCUT2D eigenvalue weighted by Gasteiger charge is 2.23. The van der Waals surface area contributed by atoms with Crippen molar-refractivity contribution >= 4 is 11.8 Å². The van der Waals surface area contributed by atoms with E-state index in [0.717, 1.165) is 12.8 Å². The van der Waals surface area contributed by atoms with E-state index in [4.69, 9.17) is 10.00 Å². The van der Waals surface area contributed by atoms with Crippen LogP contribution in [0.15, 0.2) is 0 Å². The van der Waals surface area contributed by atoms with E-state index in [1.54, 1.807) is 12.0 Å². The van der Waals surface area contributed by atoms with Gasteiger partial charge in [-0.25, -0.2) is 0 Å². The zero-order valence-corrected chi connectivity index (χ0v) is 10.6. The van der Waals surface area contributed by atoms with Crippen LogP contribution in [0.4, 0.5) is 0 Å². The molecule has 1 heterocycles. The van der Waals surface area contributed by atoms with Gasteiger partial charge in [0.15, 0.2) is 0 Å². The van der Waals surface area contributed by atoms with Crippen molar-refractivity contribution in [2.24, 2.45) is 0 Å². The minimum Gasteiger partial charge on any atom is -0.384 e. The van der Waals surface area contributed by atoms with Crippen molar-refractivity contribution in [1.82, 2.24) is 10.2 Å². The van der Waals surface area contributed by atoms with Gasteiger partial charge in [-0.1, -0.05) is 0 Å². The number of nitriles is 1. The van der Waals surface area contributed by atoms with Gasteiger partial charge < -0.3 is 15.0 Å². The van der Waals surface area contributed by atoms with E-state index in [9.17, 15) is 9.59 Å². The van der Waals surface area contributed by atoms with E-state index in [1.165, 1.54) is 0 Å². The fourth-order valence-electron chi connectivity index (χ4n) is 1.95. The second-order valence-electron chi connectivity index (χ2n) is 4.30. The summed E-state index contributed by atoms with van der Waals surface area (Å²) in [6.45, 7) is 1.64. The average molecular weight is 253 g/mol. The molecule has 2 amide bonds. The van der Waals surface area contributed by atoms with E-state index in [1.807, 2.05) is 6.07 Å².